The van der Waals surface area contributed by atoms with E-state index in [9.17, 15) is 0 Å². The van der Waals surface area contributed by atoms with Crippen LogP contribution in [0.5, 0.6) is 0 Å². The van der Waals surface area contributed by atoms with Crippen molar-refractivity contribution in [3.05, 3.63) is 100 Å². The average molecular weight is 363 g/mol. The van der Waals surface area contributed by atoms with Crippen molar-refractivity contribution in [2.24, 2.45) is 0 Å². The number of rotatable bonds is 4. The lowest BCUT2D eigenvalue weighted by Crippen LogP contribution is -2.02. The van der Waals surface area contributed by atoms with E-state index < -0.39 is 0 Å². The van der Waals surface area contributed by atoms with E-state index in [1.54, 1.807) is 0 Å². The van der Waals surface area contributed by atoms with Gasteiger partial charge in [0.25, 0.3) is 0 Å². The first-order valence-corrected chi connectivity index (χ1v) is 9.34. The molecule has 3 aromatic carbocycles. The predicted molar refractivity (Wildman–Crippen MR) is 115 cm³/mol. The minimum absolute atomic E-state index is 0.676. The number of nitriles is 1. The van der Waals surface area contributed by atoms with Gasteiger partial charge in [-0.05, 0) is 66.4 Å². The summed E-state index contributed by atoms with van der Waals surface area (Å²) in [7, 11) is 0. The van der Waals surface area contributed by atoms with Crippen LogP contribution in [0, 0.1) is 25.2 Å². The van der Waals surface area contributed by atoms with Crippen LogP contribution in [0.2, 0.25) is 0 Å². The second-order valence-corrected chi connectivity index (χ2v) is 7.03. The fourth-order valence-electron chi connectivity index (χ4n) is 3.29. The Kier molecular flexibility index (Phi) is 4.78. The lowest BCUT2D eigenvalue weighted by molar-refractivity contribution is 0.813. The van der Waals surface area contributed by atoms with Crippen molar-refractivity contribution in [3.63, 3.8) is 0 Å². The molecular formula is C25H21N3. The van der Waals surface area contributed by atoms with E-state index in [2.05, 4.69) is 60.9 Å². The summed E-state index contributed by atoms with van der Waals surface area (Å²) >= 11 is 0. The van der Waals surface area contributed by atoms with Gasteiger partial charge in [-0.1, -0.05) is 48.5 Å². The van der Waals surface area contributed by atoms with Crippen molar-refractivity contribution in [2.45, 2.75) is 20.4 Å². The number of aromatic nitrogens is 2. The van der Waals surface area contributed by atoms with E-state index >= 15 is 0 Å². The van der Waals surface area contributed by atoms with E-state index in [0.717, 1.165) is 28.0 Å². The monoisotopic (exact) mass is 363 g/mol. The van der Waals surface area contributed by atoms with Crippen molar-refractivity contribution in [1.29, 1.82) is 5.26 Å². The largest absolute Gasteiger partial charge is 0.320 e. The Morgan fingerprint density at radius 2 is 1.64 bits per heavy atom. The molecule has 0 radical (unpaired) electrons. The predicted octanol–water partition coefficient (Wildman–Crippen LogP) is 5.74. The van der Waals surface area contributed by atoms with Gasteiger partial charge in [0.15, 0.2) is 0 Å². The summed E-state index contributed by atoms with van der Waals surface area (Å²) in [5.74, 6) is 0.924. The van der Waals surface area contributed by atoms with Crippen molar-refractivity contribution >= 4 is 23.2 Å². The van der Waals surface area contributed by atoms with Gasteiger partial charge in [0.1, 0.15) is 5.82 Å². The zero-order valence-corrected chi connectivity index (χ0v) is 16.1. The maximum atomic E-state index is 9.03. The maximum absolute atomic E-state index is 9.03. The Morgan fingerprint density at radius 3 is 2.36 bits per heavy atom. The van der Waals surface area contributed by atoms with E-state index in [-0.39, 0.29) is 0 Å². The van der Waals surface area contributed by atoms with Crippen LogP contribution < -0.4 is 0 Å². The van der Waals surface area contributed by atoms with E-state index in [0.29, 0.717) is 12.1 Å². The van der Waals surface area contributed by atoms with Gasteiger partial charge >= 0.3 is 0 Å². The zero-order valence-electron chi connectivity index (χ0n) is 16.1. The molecule has 0 aliphatic heterocycles. The van der Waals surface area contributed by atoms with Crippen LogP contribution in [0.1, 0.15) is 33.6 Å². The molecule has 1 heterocycles. The standard InChI is InChI=1S/C25H21N3/c1-18-14-23-24(15-19(18)2)28(17-22-10-8-21(16-26)9-11-22)25(27-23)13-12-20-6-4-3-5-7-20/h3-15H,17H2,1-2H3/b13-12+. The molecule has 4 rings (SSSR count). The van der Waals surface area contributed by atoms with Crippen LogP contribution >= 0.6 is 0 Å². The third-order valence-corrected chi connectivity index (χ3v) is 5.04. The highest BCUT2D eigenvalue weighted by atomic mass is 15.1. The highest BCUT2D eigenvalue weighted by molar-refractivity contribution is 5.81. The minimum atomic E-state index is 0.676. The third-order valence-electron chi connectivity index (χ3n) is 5.04. The quantitative estimate of drug-likeness (QED) is 0.464. The Labute approximate surface area is 165 Å². The molecule has 0 saturated carbocycles. The van der Waals surface area contributed by atoms with Crippen molar-refractivity contribution in [2.75, 3.05) is 0 Å². The molecule has 0 saturated heterocycles. The highest BCUT2D eigenvalue weighted by Crippen LogP contribution is 2.23. The van der Waals surface area contributed by atoms with Crippen LogP contribution in [-0.4, -0.2) is 9.55 Å². The molecule has 0 atom stereocenters. The van der Waals surface area contributed by atoms with Crippen LogP contribution in [0.25, 0.3) is 23.2 Å². The van der Waals surface area contributed by atoms with Gasteiger partial charge in [-0.3, -0.25) is 0 Å². The molecule has 136 valence electrons. The van der Waals surface area contributed by atoms with Gasteiger partial charge in [0.05, 0.1) is 22.7 Å². The second kappa shape index (κ2) is 7.54. The van der Waals surface area contributed by atoms with Gasteiger partial charge in [0.2, 0.25) is 0 Å². The Morgan fingerprint density at radius 1 is 0.929 bits per heavy atom. The summed E-state index contributed by atoms with van der Waals surface area (Å²) in [6.45, 7) is 4.96. The molecular weight excluding hydrogens is 342 g/mol. The number of hydrogen-bond donors (Lipinski definition) is 0. The first-order chi connectivity index (χ1) is 13.6. The third kappa shape index (κ3) is 3.58. The summed E-state index contributed by atoms with van der Waals surface area (Å²) in [5, 5.41) is 9.03. The summed E-state index contributed by atoms with van der Waals surface area (Å²) in [6.07, 6.45) is 4.17. The summed E-state index contributed by atoms with van der Waals surface area (Å²) in [6, 6.07) is 24.5. The fourth-order valence-corrected chi connectivity index (χ4v) is 3.29. The molecule has 0 unspecified atom stereocenters. The second-order valence-electron chi connectivity index (χ2n) is 7.03. The molecule has 4 aromatic rings. The normalized spacial score (nSPS) is 11.2. The summed E-state index contributed by atoms with van der Waals surface area (Å²) in [4.78, 5) is 4.88. The molecule has 0 aliphatic carbocycles. The lowest BCUT2D eigenvalue weighted by Gasteiger charge is -2.09. The van der Waals surface area contributed by atoms with Gasteiger partial charge < -0.3 is 4.57 Å². The number of hydrogen-bond acceptors (Lipinski definition) is 2. The molecule has 3 nitrogen and oxygen atoms in total. The van der Waals surface area contributed by atoms with Crippen LogP contribution in [-0.2, 0) is 6.54 Å². The Bertz CT molecular complexity index is 1190. The fraction of sp³-hybridized carbons (Fsp3) is 0.120. The first-order valence-electron chi connectivity index (χ1n) is 9.34. The molecule has 0 fully saturated rings. The molecule has 28 heavy (non-hydrogen) atoms. The number of nitrogens with zero attached hydrogens (tertiary/aromatic N) is 3. The van der Waals surface area contributed by atoms with Crippen molar-refractivity contribution in [3.8, 4) is 6.07 Å². The molecule has 1 aromatic heterocycles. The molecule has 0 amide bonds. The van der Waals surface area contributed by atoms with Crippen LogP contribution in [0.3, 0.4) is 0 Å². The van der Waals surface area contributed by atoms with Crippen molar-refractivity contribution < 1.29 is 0 Å². The van der Waals surface area contributed by atoms with E-state index in [1.165, 1.54) is 11.1 Å². The zero-order chi connectivity index (χ0) is 19.5. The topological polar surface area (TPSA) is 41.6 Å². The van der Waals surface area contributed by atoms with Gasteiger partial charge in [-0.2, -0.15) is 5.26 Å². The van der Waals surface area contributed by atoms with Crippen molar-refractivity contribution in [1.82, 2.24) is 9.55 Å². The highest BCUT2D eigenvalue weighted by Gasteiger charge is 2.11. The maximum Gasteiger partial charge on any atom is 0.134 e. The Hall–Kier alpha value is -3.64. The van der Waals surface area contributed by atoms with Gasteiger partial charge in [-0.15, -0.1) is 0 Å². The first kappa shape index (κ1) is 17.8. The van der Waals surface area contributed by atoms with Gasteiger partial charge in [0, 0.05) is 6.54 Å². The molecule has 0 aliphatic rings. The number of aryl methyl sites for hydroxylation is 2. The molecule has 3 heteroatoms. The molecule has 0 spiro atoms. The Balaban J connectivity index is 1.79. The lowest BCUT2D eigenvalue weighted by atomic mass is 10.1. The van der Waals surface area contributed by atoms with Crippen LogP contribution in [0.15, 0.2) is 66.7 Å². The SMILES string of the molecule is Cc1cc2nc(/C=C/c3ccccc3)n(Cc3ccc(C#N)cc3)c2cc1C. The number of imidazole rings is 1. The molecule has 0 N–H and O–H groups in total. The average Bonchev–Trinajstić information content (AvgIpc) is 3.04. The summed E-state index contributed by atoms with van der Waals surface area (Å²) in [5.41, 5.74) is 7.60. The number of benzene rings is 3. The van der Waals surface area contributed by atoms with E-state index in [4.69, 9.17) is 10.2 Å². The van der Waals surface area contributed by atoms with E-state index in [1.807, 2.05) is 42.5 Å². The van der Waals surface area contributed by atoms with Gasteiger partial charge in [-0.25, -0.2) is 4.98 Å². The van der Waals surface area contributed by atoms with Crippen LogP contribution in [0.4, 0.5) is 0 Å². The molecule has 0 bridgehead atoms. The smallest absolute Gasteiger partial charge is 0.134 e. The summed E-state index contributed by atoms with van der Waals surface area (Å²) < 4.78 is 2.24. The number of fused-ring (bicyclic) bond motifs is 1. The minimum Gasteiger partial charge on any atom is -0.320 e.